The smallest absolute Gasteiger partial charge is 0.337 e. The first-order valence-corrected chi connectivity index (χ1v) is 6.74. The Balaban J connectivity index is 0. The molecule has 0 saturated carbocycles. The average Bonchev–Trinajstić information content (AvgIpc) is 1.99. The van der Waals surface area contributed by atoms with Crippen LogP contribution >= 0.6 is 92.6 Å². The Hall–Kier alpha value is 0.930. The van der Waals surface area contributed by atoms with Gasteiger partial charge in [-0.05, 0) is 73.8 Å². The van der Waals surface area contributed by atoms with Crippen LogP contribution in [-0.2, 0) is 0 Å². The summed E-state index contributed by atoms with van der Waals surface area (Å²) in [5.74, 6) is -2.22. The van der Waals surface area contributed by atoms with Crippen LogP contribution in [0.25, 0.3) is 0 Å². The van der Waals surface area contributed by atoms with Crippen LogP contribution < -0.4 is 0 Å². The van der Waals surface area contributed by atoms with Gasteiger partial charge in [-0.25, -0.2) is 9.59 Å². The second kappa shape index (κ2) is 8.17. The molecule has 0 unspecified atom stereocenters. The van der Waals surface area contributed by atoms with Crippen LogP contribution in [0.2, 0.25) is 0 Å². The van der Waals surface area contributed by atoms with E-state index in [1.165, 1.54) is 0 Å². The lowest BCUT2D eigenvalue weighted by molar-refractivity contribution is 0.0694. The number of carboxylic acid groups (broad SMARTS) is 2. The molecule has 0 heterocycles. The van der Waals surface area contributed by atoms with Gasteiger partial charge in [-0.2, -0.15) is 0 Å². The Bertz CT molecular complexity index is 426. The molecule has 0 spiro atoms. The molecule has 9 heteroatoms. The second-order valence-corrected chi connectivity index (χ2v) is 5.92. The topological polar surface area (TPSA) is 74.6 Å². The largest absolute Gasteiger partial charge is 0.478 e. The van der Waals surface area contributed by atoms with E-state index in [0.29, 0.717) is 7.14 Å². The number of hydrogen-bond donors (Lipinski definition) is 2. The van der Waals surface area contributed by atoms with Gasteiger partial charge in [-0.15, -0.1) is 24.8 Å². The molecule has 2 N–H and O–H groups in total. The first-order chi connectivity index (χ1) is 6.86. The molecule has 96 valence electrons. The van der Waals surface area contributed by atoms with E-state index in [0.717, 1.165) is 0 Å². The number of hydrogen-bond acceptors (Lipinski definition) is 2. The molecule has 0 aromatic heterocycles. The molecule has 0 saturated heterocycles. The molecule has 0 fully saturated rings. The lowest BCUT2D eigenvalue weighted by atomic mass is 10.1. The third kappa shape index (κ3) is 4.51. The summed E-state index contributed by atoms with van der Waals surface area (Å²) in [6, 6.07) is 1.55. The highest BCUT2D eigenvalue weighted by Gasteiger charge is 2.22. The highest BCUT2D eigenvalue weighted by Crippen LogP contribution is 2.27. The van der Waals surface area contributed by atoms with Crippen molar-refractivity contribution >= 4 is 105 Å². The van der Waals surface area contributed by atoms with Gasteiger partial charge < -0.3 is 10.2 Å². The van der Waals surface area contributed by atoms with Crippen LogP contribution in [0, 0.1) is 10.7 Å². The normalized spacial score (nSPS) is 8.88. The molecular weight excluding hydrogens is 612 g/mol. The summed E-state index contributed by atoms with van der Waals surface area (Å²) in [6.45, 7) is 0. The number of halogens is 5. The minimum Gasteiger partial charge on any atom is -0.478 e. The van der Waals surface area contributed by atoms with Crippen molar-refractivity contribution in [3.05, 3.63) is 27.9 Å². The quantitative estimate of drug-likeness (QED) is 0.497. The molecule has 1 rings (SSSR count). The third-order valence-electron chi connectivity index (χ3n) is 1.60. The maximum atomic E-state index is 10.9. The van der Waals surface area contributed by atoms with E-state index >= 15 is 0 Å². The van der Waals surface area contributed by atoms with Gasteiger partial charge >= 0.3 is 11.9 Å². The SMILES string of the molecule is Cl.Cl.O=C(O)c1c(I)cc(I)c(C(=O)O)c1I. The molecule has 0 radical (unpaired) electrons. The summed E-state index contributed by atoms with van der Waals surface area (Å²) in [5, 5.41) is 17.9. The van der Waals surface area contributed by atoms with Crippen LogP contribution in [0.5, 0.6) is 0 Å². The number of benzene rings is 1. The van der Waals surface area contributed by atoms with E-state index in [2.05, 4.69) is 0 Å². The fourth-order valence-corrected chi connectivity index (χ4v) is 5.28. The average molecular weight is 617 g/mol. The predicted octanol–water partition coefficient (Wildman–Crippen LogP) is 3.74. The summed E-state index contributed by atoms with van der Waals surface area (Å²) in [4.78, 5) is 21.8. The summed E-state index contributed by atoms with van der Waals surface area (Å²) >= 11 is 5.52. The van der Waals surface area contributed by atoms with Crippen molar-refractivity contribution in [1.29, 1.82) is 0 Å². The van der Waals surface area contributed by atoms with Crippen LogP contribution in [0.15, 0.2) is 6.07 Å². The molecule has 0 amide bonds. The number of rotatable bonds is 2. The van der Waals surface area contributed by atoms with Gasteiger partial charge in [0, 0.05) is 10.7 Å². The van der Waals surface area contributed by atoms with Crippen molar-refractivity contribution in [3.63, 3.8) is 0 Å². The molecule has 0 bridgehead atoms. The van der Waals surface area contributed by atoms with Gasteiger partial charge in [0.2, 0.25) is 0 Å². The zero-order valence-corrected chi connectivity index (χ0v) is 15.8. The van der Waals surface area contributed by atoms with Crippen LogP contribution in [0.1, 0.15) is 20.7 Å². The summed E-state index contributed by atoms with van der Waals surface area (Å²) < 4.78 is 1.35. The van der Waals surface area contributed by atoms with Crippen molar-refractivity contribution in [2.75, 3.05) is 0 Å². The zero-order chi connectivity index (χ0) is 11.7. The van der Waals surface area contributed by atoms with Crippen LogP contribution in [0.3, 0.4) is 0 Å². The molecule has 1 aromatic carbocycles. The van der Waals surface area contributed by atoms with E-state index in [1.807, 2.05) is 45.2 Å². The zero-order valence-electron chi connectivity index (χ0n) is 7.74. The van der Waals surface area contributed by atoms with Crippen molar-refractivity contribution in [1.82, 2.24) is 0 Å². The van der Waals surface area contributed by atoms with Crippen molar-refractivity contribution < 1.29 is 19.8 Å². The van der Waals surface area contributed by atoms with E-state index in [1.54, 1.807) is 28.7 Å². The lowest BCUT2D eigenvalue weighted by Crippen LogP contribution is -2.11. The third-order valence-corrected chi connectivity index (χ3v) is 4.38. The van der Waals surface area contributed by atoms with Crippen molar-refractivity contribution in [2.45, 2.75) is 0 Å². The van der Waals surface area contributed by atoms with Gasteiger partial charge in [0.1, 0.15) is 0 Å². The first kappa shape index (κ1) is 20.3. The molecule has 4 nitrogen and oxygen atoms in total. The molecule has 0 aliphatic carbocycles. The maximum Gasteiger partial charge on any atom is 0.337 e. The van der Waals surface area contributed by atoms with Gasteiger partial charge in [-0.3, -0.25) is 0 Å². The van der Waals surface area contributed by atoms with E-state index in [9.17, 15) is 9.59 Å². The number of aromatic carboxylic acids is 2. The lowest BCUT2D eigenvalue weighted by Gasteiger charge is -2.08. The Morgan fingerprint density at radius 1 is 0.882 bits per heavy atom. The molecule has 0 aliphatic heterocycles. The molecular formula is C8H5Cl2I3O4. The second-order valence-electron chi connectivity index (χ2n) is 2.51. The monoisotopic (exact) mass is 616 g/mol. The van der Waals surface area contributed by atoms with E-state index in [-0.39, 0.29) is 39.5 Å². The van der Waals surface area contributed by atoms with Gasteiger partial charge in [0.25, 0.3) is 0 Å². The Morgan fingerprint density at radius 3 is 1.41 bits per heavy atom. The molecule has 17 heavy (non-hydrogen) atoms. The predicted molar refractivity (Wildman–Crippen MR) is 93.0 cm³/mol. The highest BCUT2D eigenvalue weighted by molar-refractivity contribution is 14.1. The minimum atomic E-state index is -1.11. The van der Waals surface area contributed by atoms with E-state index in [4.69, 9.17) is 10.2 Å². The summed E-state index contributed by atoms with van der Waals surface area (Å²) in [6.07, 6.45) is 0. The van der Waals surface area contributed by atoms with Crippen LogP contribution in [0.4, 0.5) is 0 Å². The van der Waals surface area contributed by atoms with Crippen molar-refractivity contribution in [2.24, 2.45) is 0 Å². The summed E-state index contributed by atoms with van der Waals surface area (Å²) in [5.41, 5.74) is 0.100. The standard InChI is InChI=1S/C8H3I3O4.2ClH/c9-2-1-3(10)5(8(14)15)6(11)4(2)7(12)13;;/h1H,(H,12,13)(H,14,15);2*1H. The Morgan fingerprint density at radius 2 is 1.18 bits per heavy atom. The van der Waals surface area contributed by atoms with Gasteiger partial charge in [0.05, 0.1) is 11.1 Å². The Kier molecular flexibility index (Phi) is 9.73. The number of carboxylic acids is 2. The minimum absolute atomic E-state index is 0. The Labute approximate surface area is 150 Å². The molecule has 1 aromatic rings. The van der Waals surface area contributed by atoms with Gasteiger partial charge in [0.15, 0.2) is 0 Å². The fraction of sp³-hybridized carbons (Fsp3) is 0. The molecule has 0 aliphatic rings. The highest BCUT2D eigenvalue weighted by atomic mass is 127. The maximum absolute atomic E-state index is 10.9. The fourth-order valence-electron chi connectivity index (χ4n) is 0.982. The van der Waals surface area contributed by atoms with E-state index < -0.39 is 11.9 Å². The van der Waals surface area contributed by atoms with Gasteiger partial charge in [-0.1, -0.05) is 0 Å². The number of carbonyl (C=O) groups is 2. The first-order valence-electron chi connectivity index (χ1n) is 3.50. The van der Waals surface area contributed by atoms with Crippen LogP contribution in [-0.4, -0.2) is 22.2 Å². The van der Waals surface area contributed by atoms with Crippen molar-refractivity contribution in [3.8, 4) is 0 Å². The summed E-state index contributed by atoms with van der Waals surface area (Å²) in [7, 11) is 0. The molecule has 0 atom stereocenters.